The normalized spacial score (nSPS) is 25.1. The first-order chi connectivity index (χ1) is 7.15. The second kappa shape index (κ2) is 4.14. The van der Waals surface area contributed by atoms with E-state index in [2.05, 4.69) is 29.1 Å². The molecule has 1 aromatic heterocycles. The number of aromatic nitrogens is 2. The van der Waals surface area contributed by atoms with E-state index in [1.165, 1.54) is 0 Å². The number of nitrogens with zero attached hydrogens (tertiary/aromatic N) is 2. The third kappa shape index (κ3) is 2.45. The Labute approximate surface area is 89.8 Å². The van der Waals surface area contributed by atoms with Gasteiger partial charge in [0.15, 0.2) is 0 Å². The molecular formula is C11H17N3O. The van der Waals surface area contributed by atoms with Gasteiger partial charge >= 0.3 is 0 Å². The van der Waals surface area contributed by atoms with Crippen LogP contribution >= 0.6 is 0 Å². The van der Waals surface area contributed by atoms with Gasteiger partial charge in [0.1, 0.15) is 0 Å². The van der Waals surface area contributed by atoms with Gasteiger partial charge in [-0.3, -0.25) is 0 Å². The molecule has 82 valence electrons. The lowest BCUT2D eigenvalue weighted by Crippen LogP contribution is -2.39. The number of aliphatic hydroxyl groups is 1. The molecule has 0 aliphatic heterocycles. The Balaban J connectivity index is 1.92. The first kappa shape index (κ1) is 10.4. The molecule has 1 aliphatic carbocycles. The second-order valence-electron chi connectivity index (χ2n) is 4.46. The molecule has 15 heavy (non-hydrogen) atoms. The standard InChI is InChI=1S/C11H17N3O/c1-7(2)8-5-12-11(13-6-8)14-9-3-10(15)4-9/h5-7,9-10,15H,3-4H2,1-2H3,(H,12,13,14). The zero-order chi connectivity index (χ0) is 10.8. The molecule has 1 fully saturated rings. The minimum absolute atomic E-state index is 0.141. The van der Waals surface area contributed by atoms with Crippen LogP contribution in [0.3, 0.4) is 0 Å². The van der Waals surface area contributed by atoms with E-state index in [1.807, 2.05) is 12.4 Å². The molecule has 0 spiro atoms. The summed E-state index contributed by atoms with van der Waals surface area (Å²) in [6.45, 7) is 4.24. The number of hydrogen-bond acceptors (Lipinski definition) is 4. The molecule has 0 bridgehead atoms. The van der Waals surface area contributed by atoms with Crippen LogP contribution in [-0.2, 0) is 0 Å². The van der Waals surface area contributed by atoms with Crippen LogP contribution in [0.5, 0.6) is 0 Å². The fraction of sp³-hybridized carbons (Fsp3) is 0.636. The lowest BCUT2D eigenvalue weighted by Gasteiger charge is -2.31. The molecule has 0 radical (unpaired) electrons. The second-order valence-corrected chi connectivity index (χ2v) is 4.46. The summed E-state index contributed by atoms with van der Waals surface area (Å²) in [5.74, 6) is 1.13. The van der Waals surface area contributed by atoms with Gasteiger partial charge in [-0.15, -0.1) is 0 Å². The van der Waals surface area contributed by atoms with Crippen LogP contribution in [0.25, 0.3) is 0 Å². The lowest BCUT2D eigenvalue weighted by atomic mass is 9.90. The molecule has 0 amide bonds. The molecule has 4 heteroatoms. The molecular weight excluding hydrogens is 190 g/mol. The quantitative estimate of drug-likeness (QED) is 0.789. The van der Waals surface area contributed by atoms with Gasteiger partial charge in [-0.05, 0) is 24.3 Å². The summed E-state index contributed by atoms with van der Waals surface area (Å²) in [5.41, 5.74) is 1.15. The van der Waals surface area contributed by atoms with E-state index in [4.69, 9.17) is 5.11 Å². The topological polar surface area (TPSA) is 58.0 Å². The van der Waals surface area contributed by atoms with E-state index in [-0.39, 0.29) is 6.10 Å². The average Bonchev–Trinajstić information content (AvgIpc) is 2.16. The van der Waals surface area contributed by atoms with Gasteiger partial charge < -0.3 is 10.4 Å². The number of hydrogen-bond donors (Lipinski definition) is 2. The highest BCUT2D eigenvalue weighted by molar-refractivity contribution is 5.28. The molecule has 0 aromatic carbocycles. The summed E-state index contributed by atoms with van der Waals surface area (Å²) in [5, 5.41) is 12.3. The first-order valence-electron chi connectivity index (χ1n) is 5.41. The molecule has 1 aromatic rings. The van der Waals surface area contributed by atoms with Gasteiger partial charge in [0.25, 0.3) is 0 Å². The Morgan fingerprint density at radius 3 is 2.40 bits per heavy atom. The SMILES string of the molecule is CC(C)c1cnc(NC2CC(O)C2)nc1. The minimum atomic E-state index is -0.141. The van der Waals surface area contributed by atoms with Crippen LogP contribution in [0.4, 0.5) is 5.95 Å². The van der Waals surface area contributed by atoms with Crippen molar-refractivity contribution in [2.45, 2.75) is 44.8 Å². The Bertz CT molecular complexity index is 317. The predicted molar refractivity (Wildman–Crippen MR) is 58.8 cm³/mol. The maximum atomic E-state index is 9.13. The highest BCUT2D eigenvalue weighted by atomic mass is 16.3. The van der Waals surface area contributed by atoms with Gasteiger partial charge in [-0.25, -0.2) is 9.97 Å². The van der Waals surface area contributed by atoms with Crippen molar-refractivity contribution in [2.75, 3.05) is 5.32 Å². The molecule has 0 unspecified atom stereocenters. The number of nitrogens with one attached hydrogen (secondary N) is 1. The third-order valence-electron chi connectivity index (χ3n) is 2.78. The summed E-state index contributed by atoms with van der Waals surface area (Å²) < 4.78 is 0. The van der Waals surface area contributed by atoms with Gasteiger partial charge in [-0.1, -0.05) is 13.8 Å². The molecule has 1 aliphatic rings. The summed E-state index contributed by atoms with van der Waals surface area (Å²) in [6.07, 6.45) is 5.17. The molecule has 0 atom stereocenters. The average molecular weight is 207 g/mol. The molecule has 1 saturated carbocycles. The van der Waals surface area contributed by atoms with Gasteiger partial charge in [-0.2, -0.15) is 0 Å². The molecule has 0 saturated heterocycles. The summed E-state index contributed by atoms with van der Waals surface area (Å²) in [6, 6.07) is 0.338. The Hall–Kier alpha value is -1.16. The summed E-state index contributed by atoms with van der Waals surface area (Å²) in [7, 11) is 0. The van der Waals surface area contributed by atoms with Crippen molar-refractivity contribution < 1.29 is 5.11 Å². The van der Waals surface area contributed by atoms with E-state index < -0.39 is 0 Å². The maximum Gasteiger partial charge on any atom is 0.222 e. The lowest BCUT2D eigenvalue weighted by molar-refractivity contribution is 0.0834. The Kier molecular flexibility index (Phi) is 2.86. The van der Waals surface area contributed by atoms with Crippen LogP contribution in [0, 0.1) is 0 Å². The number of aliphatic hydroxyl groups excluding tert-OH is 1. The van der Waals surface area contributed by atoms with Crippen molar-refractivity contribution in [1.82, 2.24) is 9.97 Å². The van der Waals surface area contributed by atoms with Crippen molar-refractivity contribution in [3.8, 4) is 0 Å². The van der Waals surface area contributed by atoms with Crippen molar-refractivity contribution >= 4 is 5.95 Å². The monoisotopic (exact) mass is 207 g/mol. The molecule has 2 rings (SSSR count). The van der Waals surface area contributed by atoms with Crippen LogP contribution < -0.4 is 5.32 Å². The number of anilines is 1. The van der Waals surface area contributed by atoms with Crippen LogP contribution in [0.1, 0.15) is 38.2 Å². The van der Waals surface area contributed by atoms with Crippen LogP contribution in [0.2, 0.25) is 0 Å². The van der Waals surface area contributed by atoms with Crippen LogP contribution in [0.15, 0.2) is 12.4 Å². The smallest absolute Gasteiger partial charge is 0.222 e. The largest absolute Gasteiger partial charge is 0.393 e. The fourth-order valence-corrected chi connectivity index (χ4v) is 1.60. The third-order valence-corrected chi connectivity index (χ3v) is 2.78. The zero-order valence-corrected chi connectivity index (χ0v) is 9.14. The van der Waals surface area contributed by atoms with Crippen molar-refractivity contribution in [1.29, 1.82) is 0 Å². The molecule has 1 heterocycles. The van der Waals surface area contributed by atoms with Crippen molar-refractivity contribution in [3.63, 3.8) is 0 Å². The Morgan fingerprint density at radius 1 is 1.33 bits per heavy atom. The van der Waals surface area contributed by atoms with Crippen LogP contribution in [-0.4, -0.2) is 27.2 Å². The first-order valence-corrected chi connectivity index (χ1v) is 5.41. The summed E-state index contributed by atoms with van der Waals surface area (Å²) in [4.78, 5) is 8.49. The highest BCUT2D eigenvalue weighted by Gasteiger charge is 2.27. The van der Waals surface area contributed by atoms with Gasteiger partial charge in [0.2, 0.25) is 5.95 Å². The molecule has 4 nitrogen and oxygen atoms in total. The van der Waals surface area contributed by atoms with Gasteiger partial charge in [0.05, 0.1) is 6.10 Å². The zero-order valence-electron chi connectivity index (χ0n) is 9.14. The van der Waals surface area contributed by atoms with E-state index >= 15 is 0 Å². The fourth-order valence-electron chi connectivity index (χ4n) is 1.60. The van der Waals surface area contributed by atoms with Crippen molar-refractivity contribution in [2.24, 2.45) is 0 Å². The predicted octanol–water partition coefficient (Wildman–Crippen LogP) is 1.54. The highest BCUT2D eigenvalue weighted by Crippen LogP contribution is 2.22. The minimum Gasteiger partial charge on any atom is -0.393 e. The Morgan fingerprint density at radius 2 is 1.93 bits per heavy atom. The summed E-state index contributed by atoms with van der Waals surface area (Å²) >= 11 is 0. The molecule has 2 N–H and O–H groups in total. The van der Waals surface area contributed by atoms with E-state index in [0.29, 0.717) is 17.9 Å². The van der Waals surface area contributed by atoms with E-state index in [1.54, 1.807) is 0 Å². The van der Waals surface area contributed by atoms with E-state index in [9.17, 15) is 0 Å². The van der Waals surface area contributed by atoms with Gasteiger partial charge in [0, 0.05) is 18.4 Å². The van der Waals surface area contributed by atoms with E-state index in [0.717, 1.165) is 18.4 Å². The number of rotatable bonds is 3. The van der Waals surface area contributed by atoms with Crippen molar-refractivity contribution in [3.05, 3.63) is 18.0 Å². The maximum absolute atomic E-state index is 9.13.